The SMILES string of the molecule is N#Cc1ncc(N2C(=O)C3(CCC3)N(C3CCCCC3)C2=S)cc1C(F)(F)F. The molecule has 9 heteroatoms. The number of nitrogens with zero attached hydrogens (tertiary/aromatic N) is 4. The first-order chi connectivity index (χ1) is 13.3. The standard InChI is InChI=1S/C19H19F3N4OS/c20-19(21,22)14-9-13(11-24-15(14)10-23)25-16(27)18(7-4-8-18)26(17(25)28)12-5-2-1-3-6-12/h9,11-12H,1-8H2. The van der Waals surface area contributed by atoms with Crippen LogP contribution in [0.3, 0.4) is 0 Å². The van der Waals surface area contributed by atoms with Crippen molar-refractivity contribution in [2.75, 3.05) is 4.90 Å². The molecule has 4 rings (SSSR count). The van der Waals surface area contributed by atoms with E-state index in [1.807, 2.05) is 4.90 Å². The summed E-state index contributed by atoms with van der Waals surface area (Å²) < 4.78 is 40.1. The molecule has 0 bridgehead atoms. The van der Waals surface area contributed by atoms with E-state index in [-0.39, 0.29) is 22.7 Å². The molecule has 1 aromatic heterocycles. The number of hydrogen-bond acceptors (Lipinski definition) is 4. The molecule has 148 valence electrons. The van der Waals surface area contributed by atoms with Crippen LogP contribution >= 0.6 is 12.2 Å². The molecule has 0 aromatic carbocycles. The summed E-state index contributed by atoms with van der Waals surface area (Å²) >= 11 is 5.61. The topological polar surface area (TPSA) is 60.2 Å². The number of carbonyl (C=O) groups is 1. The minimum atomic E-state index is -4.74. The van der Waals surface area contributed by atoms with Gasteiger partial charge in [-0.05, 0) is 50.4 Å². The zero-order valence-corrected chi connectivity index (χ0v) is 15.9. The predicted molar refractivity (Wildman–Crippen MR) is 99.3 cm³/mol. The van der Waals surface area contributed by atoms with Crippen molar-refractivity contribution in [3.8, 4) is 6.07 Å². The Morgan fingerprint density at radius 2 is 1.89 bits per heavy atom. The second kappa shape index (κ2) is 6.69. The summed E-state index contributed by atoms with van der Waals surface area (Å²) in [7, 11) is 0. The van der Waals surface area contributed by atoms with Crippen LogP contribution in [0.4, 0.5) is 18.9 Å². The Bertz CT molecular complexity index is 869. The van der Waals surface area contributed by atoms with Gasteiger partial charge in [0, 0.05) is 6.04 Å². The number of amides is 1. The van der Waals surface area contributed by atoms with Crippen LogP contribution in [0.1, 0.15) is 62.6 Å². The molecule has 1 aliphatic heterocycles. The first kappa shape index (κ1) is 19.1. The summed E-state index contributed by atoms with van der Waals surface area (Å²) in [5.41, 5.74) is -2.62. The Morgan fingerprint density at radius 1 is 1.21 bits per heavy atom. The Kier molecular flexibility index (Phi) is 4.57. The molecule has 0 radical (unpaired) electrons. The summed E-state index contributed by atoms with van der Waals surface area (Å²) in [5, 5.41) is 9.22. The molecule has 0 N–H and O–H groups in total. The van der Waals surface area contributed by atoms with Gasteiger partial charge in [-0.3, -0.25) is 9.69 Å². The van der Waals surface area contributed by atoms with Crippen molar-refractivity contribution in [1.29, 1.82) is 5.26 Å². The molecular formula is C19H19F3N4OS. The summed E-state index contributed by atoms with van der Waals surface area (Å²) in [6, 6.07) is 2.42. The van der Waals surface area contributed by atoms with Gasteiger partial charge in [-0.1, -0.05) is 19.3 Å². The third-order valence-corrected chi connectivity index (χ3v) is 6.50. The third kappa shape index (κ3) is 2.77. The number of halogens is 3. The number of rotatable bonds is 2. The molecule has 2 heterocycles. The van der Waals surface area contributed by atoms with E-state index in [9.17, 15) is 18.0 Å². The number of anilines is 1. The van der Waals surface area contributed by atoms with E-state index in [1.54, 1.807) is 0 Å². The highest BCUT2D eigenvalue weighted by molar-refractivity contribution is 7.80. The molecule has 28 heavy (non-hydrogen) atoms. The van der Waals surface area contributed by atoms with E-state index >= 15 is 0 Å². The van der Waals surface area contributed by atoms with Crippen molar-refractivity contribution < 1.29 is 18.0 Å². The number of nitriles is 1. The number of pyridine rings is 1. The number of hydrogen-bond donors (Lipinski definition) is 0. The Labute approximate surface area is 166 Å². The molecule has 1 aromatic rings. The number of alkyl halides is 3. The van der Waals surface area contributed by atoms with Gasteiger partial charge < -0.3 is 4.90 Å². The van der Waals surface area contributed by atoms with Crippen LogP contribution in [0.5, 0.6) is 0 Å². The molecule has 2 saturated carbocycles. The molecule has 1 amide bonds. The maximum atomic E-state index is 13.4. The van der Waals surface area contributed by atoms with Gasteiger partial charge in [0.1, 0.15) is 11.6 Å². The summed E-state index contributed by atoms with van der Waals surface area (Å²) in [4.78, 5) is 20.2. The Hall–Kier alpha value is -2.21. The van der Waals surface area contributed by atoms with Crippen molar-refractivity contribution in [1.82, 2.24) is 9.88 Å². The van der Waals surface area contributed by atoms with Gasteiger partial charge in [0.05, 0.1) is 17.4 Å². The van der Waals surface area contributed by atoms with Crippen LogP contribution in [-0.4, -0.2) is 32.5 Å². The monoisotopic (exact) mass is 408 g/mol. The maximum absolute atomic E-state index is 13.4. The van der Waals surface area contributed by atoms with Crippen LogP contribution in [0.2, 0.25) is 0 Å². The van der Waals surface area contributed by atoms with Crippen molar-refractivity contribution in [2.24, 2.45) is 0 Å². The maximum Gasteiger partial charge on any atom is 0.419 e. The van der Waals surface area contributed by atoms with Crippen molar-refractivity contribution in [2.45, 2.75) is 69.1 Å². The summed E-state index contributed by atoms with van der Waals surface area (Å²) in [6.07, 6.45) is 3.75. The average molecular weight is 408 g/mol. The van der Waals surface area contributed by atoms with Crippen LogP contribution in [-0.2, 0) is 11.0 Å². The second-order valence-electron chi connectivity index (χ2n) is 7.67. The van der Waals surface area contributed by atoms with Crippen LogP contribution in [0.15, 0.2) is 12.3 Å². The van der Waals surface area contributed by atoms with Gasteiger partial charge in [0.15, 0.2) is 10.8 Å². The Balaban J connectivity index is 1.75. The van der Waals surface area contributed by atoms with Crippen LogP contribution < -0.4 is 4.90 Å². The largest absolute Gasteiger partial charge is 0.419 e. The predicted octanol–water partition coefficient (Wildman–Crippen LogP) is 4.16. The van der Waals surface area contributed by atoms with E-state index in [1.165, 1.54) is 11.0 Å². The van der Waals surface area contributed by atoms with Gasteiger partial charge in [-0.15, -0.1) is 0 Å². The second-order valence-corrected chi connectivity index (χ2v) is 8.03. The quantitative estimate of drug-likeness (QED) is 0.688. The lowest BCUT2D eigenvalue weighted by Gasteiger charge is -2.47. The molecule has 0 unspecified atom stereocenters. The van der Waals surface area contributed by atoms with E-state index in [4.69, 9.17) is 17.5 Å². The first-order valence-corrected chi connectivity index (χ1v) is 9.85. The van der Waals surface area contributed by atoms with Gasteiger partial charge in [-0.25, -0.2) is 4.98 Å². The highest BCUT2D eigenvalue weighted by atomic mass is 32.1. The highest BCUT2D eigenvalue weighted by Crippen LogP contribution is 2.48. The van der Waals surface area contributed by atoms with E-state index in [0.717, 1.165) is 50.8 Å². The summed E-state index contributed by atoms with van der Waals surface area (Å²) in [5.74, 6) is -0.269. The third-order valence-electron chi connectivity index (χ3n) is 6.12. The highest BCUT2D eigenvalue weighted by Gasteiger charge is 2.60. The van der Waals surface area contributed by atoms with Crippen LogP contribution in [0, 0.1) is 11.3 Å². The van der Waals surface area contributed by atoms with Gasteiger partial charge >= 0.3 is 6.18 Å². The van der Waals surface area contributed by atoms with Crippen LogP contribution in [0.25, 0.3) is 0 Å². The van der Waals surface area contributed by atoms with Gasteiger partial charge in [0.2, 0.25) is 0 Å². The number of carbonyl (C=O) groups excluding carboxylic acids is 1. The van der Waals surface area contributed by atoms with Gasteiger partial charge in [-0.2, -0.15) is 18.4 Å². The van der Waals surface area contributed by atoms with Crippen molar-refractivity contribution in [3.63, 3.8) is 0 Å². The smallest absolute Gasteiger partial charge is 0.331 e. The molecule has 1 spiro atoms. The lowest BCUT2D eigenvalue weighted by molar-refractivity contribution is -0.138. The van der Waals surface area contributed by atoms with E-state index in [2.05, 4.69) is 4.98 Å². The van der Waals surface area contributed by atoms with Gasteiger partial charge in [0.25, 0.3) is 5.91 Å². The molecule has 0 atom stereocenters. The van der Waals surface area contributed by atoms with E-state index in [0.29, 0.717) is 12.8 Å². The normalized spacial score (nSPS) is 22.5. The summed E-state index contributed by atoms with van der Waals surface area (Å²) in [6.45, 7) is 0. The fourth-order valence-corrected chi connectivity index (χ4v) is 5.12. The molecule has 1 saturated heterocycles. The zero-order chi connectivity index (χ0) is 20.1. The fourth-order valence-electron chi connectivity index (χ4n) is 4.61. The molecule has 2 aliphatic carbocycles. The Morgan fingerprint density at radius 3 is 2.43 bits per heavy atom. The number of thiocarbonyl (C=S) groups is 1. The molecular weight excluding hydrogens is 389 g/mol. The first-order valence-electron chi connectivity index (χ1n) is 9.45. The minimum absolute atomic E-state index is 0.0223. The fraction of sp³-hybridized carbons (Fsp3) is 0.579. The lowest BCUT2D eigenvalue weighted by Crippen LogP contribution is -2.58. The average Bonchev–Trinajstić information content (AvgIpc) is 2.88. The zero-order valence-electron chi connectivity index (χ0n) is 15.1. The lowest BCUT2D eigenvalue weighted by atomic mass is 9.74. The molecule has 3 aliphatic rings. The molecule has 5 nitrogen and oxygen atoms in total. The van der Waals surface area contributed by atoms with Crippen molar-refractivity contribution in [3.05, 3.63) is 23.5 Å². The minimum Gasteiger partial charge on any atom is -0.331 e. The molecule has 3 fully saturated rings. The van der Waals surface area contributed by atoms with Crippen molar-refractivity contribution >= 4 is 28.9 Å². The van der Waals surface area contributed by atoms with E-state index < -0.39 is 23.0 Å². The number of aromatic nitrogens is 1.